The van der Waals surface area contributed by atoms with Crippen molar-refractivity contribution in [2.75, 3.05) is 33.2 Å². The van der Waals surface area contributed by atoms with E-state index in [-0.39, 0.29) is 6.54 Å². The van der Waals surface area contributed by atoms with Gasteiger partial charge in [-0.1, -0.05) is 13.3 Å². The summed E-state index contributed by atoms with van der Waals surface area (Å²) in [4.78, 5) is 10.1. The average molecular weight is 365 g/mol. The summed E-state index contributed by atoms with van der Waals surface area (Å²) in [5.74, 6) is 0.588. The standard InChI is InChI=1S/C15H26F3N5S/c1-4-6-8-23(3)9-7-20-14(19-5-2)21-10-13-22-12(11-24-13)15(16,17)18/h11H,4-10H2,1-3H3,(H2,19,20,21). The molecule has 0 spiro atoms. The first-order chi connectivity index (χ1) is 11.4. The Labute approximate surface area is 145 Å². The molecule has 5 nitrogen and oxygen atoms in total. The zero-order chi connectivity index (χ0) is 18.0. The van der Waals surface area contributed by atoms with E-state index in [0.717, 1.165) is 49.2 Å². The first kappa shape index (κ1) is 20.7. The van der Waals surface area contributed by atoms with E-state index < -0.39 is 11.9 Å². The normalized spacial score (nSPS) is 12.7. The van der Waals surface area contributed by atoms with E-state index in [9.17, 15) is 13.2 Å². The molecule has 24 heavy (non-hydrogen) atoms. The van der Waals surface area contributed by atoms with Gasteiger partial charge in [-0.25, -0.2) is 9.98 Å². The van der Waals surface area contributed by atoms with Gasteiger partial charge in [0.15, 0.2) is 11.7 Å². The average Bonchev–Trinajstić information content (AvgIpc) is 2.99. The SMILES string of the molecule is CCCCN(C)CCNC(=NCc1nc(C(F)(F)F)cs1)NCC. The molecule has 1 aromatic heterocycles. The summed E-state index contributed by atoms with van der Waals surface area (Å²) in [7, 11) is 2.07. The van der Waals surface area contributed by atoms with E-state index in [1.54, 1.807) is 0 Å². The number of alkyl halides is 3. The Balaban J connectivity index is 2.49. The van der Waals surface area contributed by atoms with Crippen molar-refractivity contribution in [3.05, 3.63) is 16.1 Å². The fourth-order valence-corrected chi connectivity index (χ4v) is 2.63. The second-order valence-electron chi connectivity index (χ2n) is 5.40. The van der Waals surface area contributed by atoms with Crippen LogP contribution in [0.3, 0.4) is 0 Å². The van der Waals surface area contributed by atoms with Crippen molar-refractivity contribution in [1.29, 1.82) is 0 Å². The quantitative estimate of drug-likeness (QED) is 0.522. The van der Waals surface area contributed by atoms with Crippen molar-refractivity contribution >= 4 is 17.3 Å². The van der Waals surface area contributed by atoms with Crippen LogP contribution in [0.2, 0.25) is 0 Å². The molecular weight excluding hydrogens is 339 g/mol. The van der Waals surface area contributed by atoms with Gasteiger partial charge in [0.25, 0.3) is 0 Å². The third kappa shape index (κ3) is 7.96. The molecule has 0 aromatic carbocycles. The van der Waals surface area contributed by atoms with Crippen LogP contribution in [0.4, 0.5) is 13.2 Å². The number of likely N-dealkylation sites (N-methyl/N-ethyl adjacent to an activating group) is 1. The number of hydrogen-bond donors (Lipinski definition) is 2. The monoisotopic (exact) mass is 365 g/mol. The van der Waals surface area contributed by atoms with Gasteiger partial charge in [-0.2, -0.15) is 13.2 Å². The van der Waals surface area contributed by atoms with E-state index in [4.69, 9.17) is 0 Å². The number of rotatable bonds is 9. The second-order valence-corrected chi connectivity index (χ2v) is 6.35. The number of halogens is 3. The molecule has 0 aliphatic carbocycles. The topological polar surface area (TPSA) is 52.5 Å². The van der Waals surface area contributed by atoms with E-state index in [2.05, 4.69) is 39.5 Å². The molecule has 1 heterocycles. The lowest BCUT2D eigenvalue weighted by molar-refractivity contribution is -0.140. The molecular formula is C15H26F3N5S. The van der Waals surface area contributed by atoms with Gasteiger partial charge in [-0.05, 0) is 26.9 Å². The summed E-state index contributed by atoms with van der Waals surface area (Å²) >= 11 is 0.972. The lowest BCUT2D eigenvalue weighted by atomic mass is 10.3. The van der Waals surface area contributed by atoms with Gasteiger partial charge in [0, 0.05) is 25.0 Å². The first-order valence-corrected chi connectivity index (χ1v) is 8.97. The predicted molar refractivity (Wildman–Crippen MR) is 92.3 cm³/mol. The molecule has 0 amide bonds. The maximum absolute atomic E-state index is 12.5. The number of hydrogen-bond acceptors (Lipinski definition) is 4. The molecule has 138 valence electrons. The smallest absolute Gasteiger partial charge is 0.357 e. The van der Waals surface area contributed by atoms with Gasteiger partial charge in [0.05, 0.1) is 6.54 Å². The first-order valence-electron chi connectivity index (χ1n) is 8.09. The Morgan fingerprint density at radius 3 is 2.62 bits per heavy atom. The molecule has 2 N–H and O–H groups in total. The minimum Gasteiger partial charge on any atom is -0.357 e. The molecule has 0 bridgehead atoms. The molecule has 9 heteroatoms. The van der Waals surface area contributed by atoms with Crippen LogP contribution in [0, 0.1) is 0 Å². The highest BCUT2D eigenvalue weighted by Gasteiger charge is 2.33. The molecule has 0 fully saturated rings. The zero-order valence-corrected chi connectivity index (χ0v) is 15.2. The largest absolute Gasteiger partial charge is 0.434 e. The van der Waals surface area contributed by atoms with Crippen LogP contribution < -0.4 is 10.6 Å². The van der Waals surface area contributed by atoms with Crippen molar-refractivity contribution in [2.24, 2.45) is 4.99 Å². The van der Waals surface area contributed by atoms with Crippen LogP contribution in [0.1, 0.15) is 37.4 Å². The van der Waals surface area contributed by atoms with Crippen LogP contribution in [0.15, 0.2) is 10.4 Å². The molecule has 1 aromatic rings. The lowest BCUT2D eigenvalue weighted by Gasteiger charge is -2.17. The van der Waals surface area contributed by atoms with Crippen molar-refractivity contribution in [1.82, 2.24) is 20.5 Å². The molecule has 0 atom stereocenters. The fourth-order valence-electron chi connectivity index (χ4n) is 1.91. The highest BCUT2D eigenvalue weighted by molar-refractivity contribution is 7.09. The van der Waals surface area contributed by atoms with Gasteiger partial charge in [-0.15, -0.1) is 11.3 Å². The third-order valence-corrected chi connectivity index (χ3v) is 4.07. The van der Waals surface area contributed by atoms with Gasteiger partial charge in [0.1, 0.15) is 5.01 Å². The third-order valence-electron chi connectivity index (χ3n) is 3.24. The van der Waals surface area contributed by atoms with Crippen LogP contribution in [0.25, 0.3) is 0 Å². The molecule has 1 rings (SSSR count). The maximum Gasteiger partial charge on any atom is 0.434 e. The molecule has 0 radical (unpaired) electrons. The van der Waals surface area contributed by atoms with Gasteiger partial charge in [0.2, 0.25) is 0 Å². The van der Waals surface area contributed by atoms with Crippen molar-refractivity contribution in [3.8, 4) is 0 Å². The predicted octanol–water partition coefficient (Wildman–Crippen LogP) is 2.95. The van der Waals surface area contributed by atoms with Gasteiger partial charge >= 0.3 is 6.18 Å². The van der Waals surface area contributed by atoms with Crippen molar-refractivity contribution in [2.45, 2.75) is 39.4 Å². The summed E-state index contributed by atoms with van der Waals surface area (Å²) in [6.07, 6.45) is -2.07. The number of aliphatic imine (C=N–C) groups is 1. The van der Waals surface area contributed by atoms with E-state index in [0.29, 0.717) is 17.5 Å². The van der Waals surface area contributed by atoms with Crippen molar-refractivity contribution < 1.29 is 13.2 Å². The zero-order valence-electron chi connectivity index (χ0n) is 14.4. The Morgan fingerprint density at radius 1 is 1.29 bits per heavy atom. The van der Waals surface area contributed by atoms with Gasteiger partial charge in [-0.3, -0.25) is 0 Å². The Kier molecular flexibility index (Phi) is 9.05. The van der Waals surface area contributed by atoms with Crippen molar-refractivity contribution in [3.63, 3.8) is 0 Å². The minimum atomic E-state index is -4.40. The van der Waals surface area contributed by atoms with Crippen LogP contribution in [0.5, 0.6) is 0 Å². The molecule has 0 saturated carbocycles. The van der Waals surface area contributed by atoms with E-state index in [1.807, 2.05) is 6.92 Å². The molecule has 0 unspecified atom stereocenters. The summed E-state index contributed by atoms with van der Waals surface area (Å²) < 4.78 is 37.6. The second kappa shape index (κ2) is 10.5. The van der Waals surface area contributed by atoms with Crippen LogP contribution in [-0.4, -0.2) is 49.1 Å². The highest BCUT2D eigenvalue weighted by Crippen LogP contribution is 2.30. The van der Waals surface area contributed by atoms with Crippen LogP contribution >= 0.6 is 11.3 Å². The Hall–Kier alpha value is -1.35. The Bertz CT molecular complexity index is 502. The number of guanidine groups is 1. The maximum atomic E-state index is 12.5. The summed E-state index contributed by atoms with van der Waals surface area (Å²) in [5.41, 5.74) is -0.854. The molecule has 0 aliphatic heterocycles. The highest BCUT2D eigenvalue weighted by atomic mass is 32.1. The van der Waals surface area contributed by atoms with Crippen LogP contribution in [-0.2, 0) is 12.7 Å². The van der Waals surface area contributed by atoms with Gasteiger partial charge < -0.3 is 15.5 Å². The number of unbranched alkanes of at least 4 members (excludes halogenated alkanes) is 1. The number of nitrogens with zero attached hydrogens (tertiary/aromatic N) is 3. The summed E-state index contributed by atoms with van der Waals surface area (Å²) in [6.45, 7) is 7.55. The Morgan fingerprint density at radius 2 is 2.04 bits per heavy atom. The molecule has 0 saturated heterocycles. The number of nitrogens with one attached hydrogen (secondary N) is 2. The number of thiazole rings is 1. The van der Waals surface area contributed by atoms with E-state index >= 15 is 0 Å². The lowest BCUT2D eigenvalue weighted by Crippen LogP contribution is -2.41. The minimum absolute atomic E-state index is 0.127. The number of aromatic nitrogens is 1. The molecule has 0 aliphatic rings. The fraction of sp³-hybridized carbons (Fsp3) is 0.733. The van der Waals surface area contributed by atoms with E-state index in [1.165, 1.54) is 0 Å². The summed E-state index contributed by atoms with van der Waals surface area (Å²) in [5, 5.41) is 7.64. The summed E-state index contributed by atoms with van der Waals surface area (Å²) in [6, 6.07) is 0.